The van der Waals surface area contributed by atoms with Crippen molar-refractivity contribution < 1.29 is 17.7 Å². The fourth-order valence-corrected chi connectivity index (χ4v) is 3.62. The van der Waals surface area contributed by atoms with E-state index < -0.39 is 10.0 Å². The molecule has 0 fully saturated rings. The number of benzene rings is 2. The van der Waals surface area contributed by atoms with Gasteiger partial charge in [0, 0.05) is 10.6 Å². The van der Waals surface area contributed by atoms with Gasteiger partial charge in [-0.3, -0.25) is 0 Å². The van der Waals surface area contributed by atoms with Crippen molar-refractivity contribution in [1.82, 2.24) is 14.9 Å². The minimum atomic E-state index is -3.80. The molecular weight excluding hydrogens is 378 g/mol. The summed E-state index contributed by atoms with van der Waals surface area (Å²) in [5, 5.41) is 4.44. The number of hydrogen-bond donors (Lipinski definition) is 1. The van der Waals surface area contributed by atoms with Crippen molar-refractivity contribution in [2.75, 3.05) is 7.11 Å². The molecule has 0 aliphatic rings. The second-order valence-electron chi connectivity index (χ2n) is 5.50. The lowest BCUT2D eigenvalue weighted by Gasteiger charge is -2.10. The number of nitrogens with one attached hydrogen (secondary N) is 1. The molecule has 1 heterocycles. The number of methoxy groups -OCH3 is 1. The number of sulfonamides is 1. The predicted octanol–water partition coefficient (Wildman–Crippen LogP) is 3.19. The van der Waals surface area contributed by atoms with Crippen molar-refractivity contribution in [3.8, 4) is 17.1 Å². The quantitative estimate of drug-likeness (QED) is 0.691. The summed E-state index contributed by atoms with van der Waals surface area (Å²) in [4.78, 5) is 4.24. The van der Waals surface area contributed by atoms with Gasteiger partial charge in [0.2, 0.25) is 21.7 Å². The summed E-state index contributed by atoms with van der Waals surface area (Å²) in [6.07, 6.45) is 0. The van der Waals surface area contributed by atoms with Crippen LogP contribution in [0.25, 0.3) is 11.4 Å². The van der Waals surface area contributed by atoms with Crippen molar-refractivity contribution >= 4 is 21.6 Å². The number of hydrogen-bond acceptors (Lipinski definition) is 6. The zero-order valence-corrected chi connectivity index (χ0v) is 15.6. The third-order valence-corrected chi connectivity index (χ3v) is 5.27. The smallest absolute Gasteiger partial charge is 0.244 e. The highest BCUT2D eigenvalue weighted by molar-refractivity contribution is 7.89. The van der Waals surface area contributed by atoms with Crippen molar-refractivity contribution in [2.24, 2.45) is 0 Å². The lowest BCUT2D eigenvalue weighted by atomic mass is 10.2. The van der Waals surface area contributed by atoms with Crippen molar-refractivity contribution in [2.45, 2.75) is 18.4 Å². The Labute approximate surface area is 156 Å². The maximum atomic E-state index is 12.6. The van der Waals surface area contributed by atoms with E-state index in [4.69, 9.17) is 20.9 Å². The highest BCUT2D eigenvalue weighted by atomic mass is 35.5. The molecule has 0 saturated heterocycles. The lowest BCUT2D eigenvalue weighted by Crippen LogP contribution is -2.24. The molecule has 0 atom stereocenters. The fourth-order valence-electron chi connectivity index (χ4n) is 2.27. The molecule has 0 saturated carbocycles. The van der Waals surface area contributed by atoms with Gasteiger partial charge in [-0.05, 0) is 48.9 Å². The molecule has 0 spiro atoms. The van der Waals surface area contributed by atoms with Crippen LogP contribution in [0.15, 0.2) is 51.9 Å². The Hall–Kier alpha value is -2.42. The van der Waals surface area contributed by atoms with Crippen LogP contribution in [0.5, 0.6) is 5.75 Å². The first-order valence-corrected chi connectivity index (χ1v) is 9.48. The van der Waals surface area contributed by atoms with Crippen LogP contribution in [0.4, 0.5) is 0 Å². The molecule has 7 nitrogen and oxygen atoms in total. The molecule has 0 aliphatic carbocycles. The molecule has 1 aromatic heterocycles. The maximum Gasteiger partial charge on any atom is 0.244 e. The molecule has 0 radical (unpaired) electrons. The van der Waals surface area contributed by atoms with E-state index in [1.54, 1.807) is 43.3 Å². The van der Waals surface area contributed by atoms with Gasteiger partial charge in [-0.25, -0.2) is 13.1 Å². The van der Waals surface area contributed by atoms with Gasteiger partial charge in [0.15, 0.2) is 0 Å². The molecule has 9 heteroatoms. The van der Waals surface area contributed by atoms with Gasteiger partial charge in [-0.15, -0.1) is 0 Å². The summed E-state index contributed by atoms with van der Waals surface area (Å²) in [6.45, 7) is 1.66. The van der Waals surface area contributed by atoms with E-state index in [0.717, 1.165) is 5.56 Å². The number of aryl methyl sites for hydroxylation is 1. The highest BCUT2D eigenvalue weighted by Gasteiger charge is 2.21. The third-order valence-electron chi connectivity index (χ3n) is 3.59. The molecule has 2 aromatic carbocycles. The van der Waals surface area contributed by atoms with Crippen molar-refractivity contribution in [1.29, 1.82) is 0 Å². The Bertz CT molecular complexity index is 1020. The van der Waals surface area contributed by atoms with E-state index in [-0.39, 0.29) is 23.1 Å². The Balaban J connectivity index is 1.77. The van der Waals surface area contributed by atoms with Gasteiger partial charge < -0.3 is 9.26 Å². The SMILES string of the molecule is COc1ccc(C)cc1S(=O)(=O)NCc1nc(-c2ccc(Cl)cc2)no1. The number of nitrogens with zero attached hydrogens (tertiary/aromatic N) is 2. The normalized spacial score (nSPS) is 11.5. The van der Waals surface area contributed by atoms with E-state index in [2.05, 4.69) is 14.9 Å². The predicted molar refractivity (Wildman–Crippen MR) is 96.5 cm³/mol. The third kappa shape index (κ3) is 4.04. The van der Waals surface area contributed by atoms with Crippen LogP contribution in [0.2, 0.25) is 5.02 Å². The van der Waals surface area contributed by atoms with Crippen molar-refractivity contribution in [3.05, 3.63) is 58.9 Å². The second kappa shape index (κ2) is 7.45. The van der Waals surface area contributed by atoms with Gasteiger partial charge in [-0.1, -0.05) is 22.8 Å². The minimum absolute atomic E-state index is 0.0532. The van der Waals surface area contributed by atoms with Gasteiger partial charge in [0.05, 0.1) is 13.7 Å². The largest absolute Gasteiger partial charge is 0.495 e. The summed E-state index contributed by atoms with van der Waals surface area (Å²) in [6, 6.07) is 11.8. The lowest BCUT2D eigenvalue weighted by molar-refractivity contribution is 0.375. The van der Waals surface area contributed by atoms with Gasteiger partial charge in [0.25, 0.3) is 0 Å². The summed E-state index contributed by atoms with van der Waals surface area (Å²) < 4.78 is 37.8. The summed E-state index contributed by atoms with van der Waals surface area (Å²) in [5.74, 6) is 0.754. The average molecular weight is 394 g/mol. The topological polar surface area (TPSA) is 94.3 Å². The van der Waals surface area contributed by atoms with E-state index >= 15 is 0 Å². The molecule has 3 aromatic rings. The minimum Gasteiger partial charge on any atom is -0.495 e. The van der Waals surface area contributed by atoms with Crippen molar-refractivity contribution in [3.63, 3.8) is 0 Å². The molecule has 3 rings (SSSR count). The van der Waals surface area contributed by atoms with Crippen LogP contribution in [-0.4, -0.2) is 25.7 Å². The zero-order chi connectivity index (χ0) is 18.7. The number of halogens is 1. The molecule has 1 N–H and O–H groups in total. The molecule has 0 aliphatic heterocycles. The Kier molecular flexibility index (Phi) is 5.26. The molecular formula is C17H16ClN3O4S. The van der Waals surface area contributed by atoms with E-state index in [9.17, 15) is 8.42 Å². The first kappa shape index (κ1) is 18.4. The van der Waals surface area contributed by atoms with Crippen LogP contribution in [-0.2, 0) is 16.6 Å². The first-order valence-electron chi connectivity index (χ1n) is 7.62. The first-order chi connectivity index (χ1) is 12.4. The maximum absolute atomic E-state index is 12.6. The second-order valence-corrected chi connectivity index (χ2v) is 7.67. The van der Waals surface area contributed by atoms with Crippen LogP contribution >= 0.6 is 11.6 Å². The number of ether oxygens (including phenoxy) is 1. The Morgan fingerprint density at radius 1 is 1.19 bits per heavy atom. The molecule has 136 valence electrons. The zero-order valence-electron chi connectivity index (χ0n) is 14.1. The fraction of sp³-hybridized carbons (Fsp3) is 0.176. The summed E-state index contributed by atoms with van der Waals surface area (Å²) >= 11 is 5.85. The number of rotatable bonds is 6. The molecule has 0 unspecified atom stereocenters. The summed E-state index contributed by atoms with van der Waals surface area (Å²) in [7, 11) is -2.39. The van der Waals surface area contributed by atoms with E-state index in [1.165, 1.54) is 13.2 Å². The van der Waals surface area contributed by atoms with Gasteiger partial charge in [0.1, 0.15) is 10.6 Å². The average Bonchev–Trinajstić information content (AvgIpc) is 3.10. The van der Waals surface area contributed by atoms with Crippen LogP contribution < -0.4 is 9.46 Å². The molecule has 0 amide bonds. The monoisotopic (exact) mass is 393 g/mol. The molecule has 0 bridgehead atoms. The summed E-state index contributed by atoms with van der Waals surface area (Å²) in [5.41, 5.74) is 1.52. The highest BCUT2D eigenvalue weighted by Crippen LogP contribution is 2.25. The van der Waals surface area contributed by atoms with Gasteiger partial charge in [-0.2, -0.15) is 4.98 Å². The Morgan fingerprint density at radius 2 is 1.92 bits per heavy atom. The van der Waals surface area contributed by atoms with Crippen LogP contribution in [0.3, 0.4) is 0 Å². The standard InChI is InChI=1S/C17H16ClN3O4S/c1-11-3-8-14(24-2)15(9-11)26(22,23)19-10-16-20-17(21-25-16)12-4-6-13(18)7-5-12/h3-9,19H,10H2,1-2H3. The Morgan fingerprint density at radius 3 is 2.62 bits per heavy atom. The van der Waals surface area contributed by atoms with Crippen LogP contribution in [0, 0.1) is 6.92 Å². The molecule has 26 heavy (non-hydrogen) atoms. The van der Waals surface area contributed by atoms with E-state index in [1.807, 2.05) is 0 Å². The van der Waals surface area contributed by atoms with E-state index in [0.29, 0.717) is 16.4 Å². The van der Waals surface area contributed by atoms with Gasteiger partial charge >= 0.3 is 0 Å². The van der Waals surface area contributed by atoms with Crippen LogP contribution in [0.1, 0.15) is 11.5 Å². The number of aromatic nitrogens is 2.